The first-order valence-corrected chi connectivity index (χ1v) is 5.14. The van der Waals surface area contributed by atoms with E-state index in [9.17, 15) is 9.59 Å². The number of ether oxygens (including phenoxy) is 1. The zero-order valence-electron chi connectivity index (χ0n) is 9.28. The summed E-state index contributed by atoms with van der Waals surface area (Å²) in [5.74, 6) is -1.53. The molecule has 0 aromatic heterocycles. The van der Waals surface area contributed by atoms with Gasteiger partial charge in [0.15, 0.2) is 0 Å². The SMILES string of the molecule is CCCCCN[C@H](CC(=O)OC)C(=O)O. The molecular formula is C10H19NO4. The fourth-order valence-electron chi connectivity index (χ4n) is 1.15. The highest BCUT2D eigenvalue weighted by molar-refractivity contribution is 5.81. The Hall–Kier alpha value is -1.10. The van der Waals surface area contributed by atoms with Crippen molar-refractivity contribution in [3.63, 3.8) is 0 Å². The molecule has 0 unspecified atom stereocenters. The highest BCUT2D eigenvalue weighted by Crippen LogP contribution is 1.97. The minimum Gasteiger partial charge on any atom is -0.480 e. The lowest BCUT2D eigenvalue weighted by Crippen LogP contribution is -2.39. The Balaban J connectivity index is 3.84. The third kappa shape index (κ3) is 6.90. The molecule has 0 aromatic rings. The van der Waals surface area contributed by atoms with Crippen molar-refractivity contribution in [3.8, 4) is 0 Å². The third-order valence-electron chi connectivity index (χ3n) is 2.07. The molecule has 0 aliphatic heterocycles. The summed E-state index contributed by atoms with van der Waals surface area (Å²) in [6.45, 7) is 2.69. The fourth-order valence-corrected chi connectivity index (χ4v) is 1.15. The second-order valence-corrected chi connectivity index (χ2v) is 3.33. The van der Waals surface area contributed by atoms with Crippen LogP contribution < -0.4 is 5.32 Å². The van der Waals surface area contributed by atoms with Crippen LogP contribution in [-0.4, -0.2) is 36.7 Å². The number of aliphatic carboxylic acids is 1. The Bertz CT molecular complexity index is 206. The number of rotatable bonds is 8. The number of hydrogen-bond acceptors (Lipinski definition) is 4. The highest BCUT2D eigenvalue weighted by Gasteiger charge is 2.20. The topological polar surface area (TPSA) is 75.6 Å². The van der Waals surface area contributed by atoms with Gasteiger partial charge in [0.2, 0.25) is 0 Å². The summed E-state index contributed by atoms with van der Waals surface area (Å²) in [7, 11) is 1.25. The molecule has 0 heterocycles. The maximum Gasteiger partial charge on any atom is 0.321 e. The number of unbranched alkanes of at least 4 members (excludes halogenated alkanes) is 2. The molecule has 5 heteroatoms. The molecule has 0 aliphatic carbocycles. The predicted molar refractivity (Wildman–Crippen MR) is 55.6 cm³/mol. The van der Waals surface area contributed by atoms with E-state index in [0.29, 0.717) is 6.54 Å². The van der Waals surface area contributed by atoms with Gasteiger partial charge in [-0.2, -0.15) is 0 Å². The van der Waals surface area contributed by atoms with Crippen LogP contribution >= 0.6 is 0 Å². The number of hydrogen-bond donors (Lipinski definition) is 2. The molecule has 0 bridgehead atoms. The van der Waals surface area contributed by atoms with Crippen LogP contribution in [-0.2, 0) is 14.3 Å². The van der Waals surface area contributed by atoms with Gasteiger partial charge in [-0.15, -0.1) is 0 Å². The molecule has 0 aliphatic rings. The molecule has 0 amide bonds. The van der Waals surface area contributed by atoms with Crippen molar-refractivity contribution < 1.29 is 19.4 Å². The Labute approximate surface area is 89.8 Å². The van der Waals surface area contributed by atoms with E-state index in [2.05, 4.69) is 17.0 Å². The maximum absolute atomic E-state index is 10.9. The number of carboxylic acids is 1. The molecule has 0 saturated carbocycles. The van der Waals surface area contributed by atoms with Crippen LogP contribution in [0.4, 0.5) is 0 Å². The quantitative estimate of drug-likeness (QED) is 0.464. The van der Waals surface area contributed by atoms with Gasteiger partial charge in [-0.1, -0.05) is 19.8 Å². The number of methoxy groups -OCH3 is 1. The van der Waals surface area contributed by atoms with E-state index in [-0.39, 0.29) is 6.42 Å². The second-order valence-electron chi connectivity index (χ2n) is 3.33. The van der Waals surface area contributed by atoms with E-state index in [1.165, 1.54) is 7.11 Å². The van der Waals surface area contributed by atoms with Crippen LogP contribution in [0.5, 0.6) is 0 Å². The van der Waals surface area contributed by atoms with Crippen molar-refractivity contribution in [3.05, 3.63) is 0 Å². The zero-order valence-corrected chi connectivity index (χ0v) is 9.28. The van der Waals surface area contributed by atoms with Crippen LogP contribution in [0.1, 0.15) is 32.6 Å². The number of carboxylic acid groups (broad SMARTS) is 1. The Morgan fingerprint density at radius 2 is 2.07 bits per heavy atom. The summed E-state index contributed by atoms with van der Waals surface area (Å²) >= 11 is 0. The smallest absolute Gasteiger partial charge is 0.321 e. The summed E-state index contributed by atoms with van der Waals surface area (Å²) in [5.41, 5.74) is 0. The summed E-state index contributed by atoms with van der Waals surface area (Å²) < 4.78 is 4.42. The lowest BCUT2D eigenvalue weighted by atomic mass is 10.2. The maximum atomic E-state index is 10.9. The summed E-state index contributed by atoms with van der Waals surface area (Å²) in [6.07, 6.45) is 2.92. The largest absolute Gasteiger partial charge is 0.480 e. The average molecular weight is 217 g/mol. The van der Waals surface area contributed by atoms with Gasteiger partial charge < -0.3 is 15.2 Å². The van der Waals surface area contributed by atoms with Gasteiger partial charge in [0.05, 0.1) is 13.5 Å². The van der Waals surface area contributed by atoms with E-state index in [4.69, 9.17) is 5.11 Å². The molecule has 2 N–H and O–H groups in total. The van der Waals surface area contributed by atoms with Crippen molar-refractivity contribution in [2.75, 3.05) is 13.7 Å². The van der Waals surface area contributed by atoms with Crippen LogP contribution in [0, 0.1) is 0 Å². The molecule has 1 atom stereocenters. The van der Waals surface area contributed by atoms with Gasteiger partial charge >= 0.3 is 11.9 Å². The highest BCUT2D eigenvalue weighted by atomic mass is 16.5. The lowest BCUT2D eigenvalue weighted by molar-refractivity contribution is -0.147. The molecule has 0 fully saturated rings. The zero-order chi connectivity index (χ0) is 11.7. The van der Waals surface area contributed by atoms with Crippen LogP contribution in [0.2, 0.25) is 0 Å². The Morgan fingerprint density at radius 3 is 2.53 bits per heavy atom. The van der Waals surface area contributed by atoms with Gasteiger partial charge in [-0.25, -0.2) is 0 Å². The van der Waals surface area contributed by atoms with Gasteiger partial charge in [-0.3, -0.25) is 9.59 Å². The van der Waals surface area contributed by atoms with Crippen molar-refractivity contribution >= 4 is 11.9 Å². The van der Waals surface area contributed by atoms with Crippen LogP contribution in [0.3, 0.4) is 0 Å². The van der Waals surface area contributed by atoms with E-state index in [0.717, 1.165) is 19.3 Å². The molecule has 88 valence electrons. The molecule has 0 aromatic carbocycles. The van der Waals surface area contributed by atoms with Gasteiger partial charge in [-0.05, 0) is 13.0 Å². The third-order valence-corrected chi connectivity index (χ3v) is 2.07. The fraction of sp³-hybridized carbons (Fsp3) is 0.800. The molecule has 0 radical (unpaired) electrons. The number of carbonyl (C=O) groups excluding carboxylic acids is 1. The molecule has 5 nitrogen and oxygen atoms in total. The van der Waals surface area contributed by atoms with Crippen LogP contribution in [0.25, 0.3) is 0 Å². The number of nitrogens with one attached hydrogen (secondary N) is 1. The van der Waals surface area contributed by atoms with E-state index < -0.39 is 18.0 Å². The average Bonchev–Trinajstić information content (AvgIpc) is 2.21. The molecular weight excluding hydrogens is 198 g/mol. The Morgan fingerprint density at radius 1 is 1.40 bits per heavy atom. The van der Waals surface area contributed by atoms with E-state index >= 15 is 0 Å². The van der Waals surface area contributed by atoms with Crippen molar-refractivity contribution in [2.45, 2.75) is 38.6 Å². The lowest BCUT2D eigenvalue weighted by Gasteiger charge is -2.12. The Kier molecular flexibility index (Phi) is 7.62. The molecule has 0 spiro atoms. The molecule has 0 rings (SSSR count). The summed E-state index contributed by atoms with van der Waals surface area (Å²) in [4.78, 5) is 21.6. The number of esters is 1. The van der Waals surface area contributed by atoms with E-state index in [1.807, 2.05) is 0 Å². The first kappa shape index (κ1) is 13.9. The van der Waals surface area contributed by atoms with Gasteiger partial charge in [0, 0.05) is 0 Å². The second kappa shape index (κ2) is 8.23. The van der Waals surface area contributed by atoms with Crippen molar-refractivity contribution in [1.29, 1.82) is 0 Å². The predicted octanol–water partition coefficient (Wildman–Crippen LogP) is 0.782. The first-order valence-electron chi connectivity index (χ1n) is 5.14. The minimum absolute atomic E-state index is 0.127. The molecule has 0 saturated heterocycles. The molecule has 15 heavy (non-hydrogen) atoms. The normalized spacial score (nSPS) is 12.1. The van der Waals surface area contributed by atoms with Gasteiger partial charge in [0.25, 0.3) is 0 Å². The van der Waals surface area contributed by atoms with Crippen LogP contribution in [0.15, 0.2) is 0 Å². The van der Waals surface area contributed by atoms with Crippen molar-refractivity contribution in [1.82, 2.24) is 5.32 Å². The van der Waals surface area contributed by atoms with E-state index in [1.54, 1.807) is 0 Å². The van der Waals surface area contributed by atoms with Crippen molar-refractivity contribution in [2.24, 2.45) is 0 Å². The summed E-state index contributed by atoms with van der Waals surface area (Å²) in [6, 6.07) is -0.839. The van der Waals surface area contributed by atoms with Gasteiger partial charge in [0.1, 0.15) is 6.04 Å². The monoisotopic (exact) mass is 217 g/mol. The summed E-state index contributed by atoms with van der Waals surface area (Å²) in [5, 5.41) is 11.6. The minimum atomic E-state index is -1.02. The standard InChI is InChI=1S/C10H19NO4/c1-3-4-5-6-11-8(10(13)14)7-9(12)15-2/h8,11H,3-7H2,1-2H3,(H,13,14)/t8-/m1/s1. The first-order chi connectivity index (χ1) is 7.11. The number of carbonyl (C=O) groups is 2.